The number of sulfonamides is 1. The molecule has 0 aliphatic carbocycles. The number of piperidine rings is 1. The second-order valence-electron chi connectivity index (χ2n) is 7.68. The van der Waals surface area contributed by atoms with Crippen molar-refractivity contribution in [3.63, 3.8) is 0 Å². The Morgan fingerprint density at radius 3 is 2.42 bits per heavy atom. The fourth-order valence-corrected chi connectivity index (χ4v) is 4.55. The standard InChI is InChI=1S/C21H26N4O5S/c1-15-18(8-7-9-19(15)25(27)28)22-21(26)17-14-16(31(29,30)23(2)3)10-11-20(17)24-12-5-4-6-13-24/h7-11,14H,4-6,12-13H2,1-3H3,(H,22,26). The Bertz CT molecular complexity index is 1110. The molecule has 9 nitrogen and oxygen atoms in total. The van der Waals surface area contributed by atoms with Gasteiger partial charge in [0, 0.05) is 38.9 Å². The van der Waals surface area contributed by atoms with E-state index in [2.05, 4.69) is 10.2 Å². The third-order valence-electron chi connectivity index (χ3n) is 5.44. The quantitative estimate of drug-likeness (QED) is 0.538. The van der Waals surface area contributed by atoms with Crippen LogP contribution in [0.5, 0.6) is 0 Å². The Labute approximate surface area is 181 Å². The Kier molecular flexibility index (Phi) is 6.61. The minimum absolute atomic E-state index is 0.0131. The molecule has 10 heteroatoms. The first-order valence-corrected chi connectivity index (χ1v) is 11.4. The van der Waals surface area contributed by atoms with Gasteiger partial charge < -0.3 is 10.2 Å². The van der Waals surface area contributed by atoms with Gasteiger partial charge >= 0.3 is 0 Å². The number of benzene rings is 2. The maximum Gasteiger partial charge on any atom is 0.274 e. The van der Waals surface area contributed by atoms with E-state index in [1.54, 1.807) is 19.1 Å². The summed E-state index contributed by atoms with van der Waals surface area (Å²) in [4.78, 5) is 26.0. The molecule has 1 fully saturated rings. The van der Waals surface area contributed by atoms with E-state index < -0.39 is 20.9 Å². The number of carbonyl (C=O) groups is 1. The topological polar surface area (TPSA) is 113 Å². The minimum Gasteiger partial charge on any atom is -0.371 e. The van der Waals surface area contributed by atoms with Gasteiger partial charge in [-0.3, -0.25) is 14.9 Å². The molecular formula is C21H26N4O5S. The molecule has 1 heterocycles. The van der Waals surface area contributed by atoms with Gasteiger partial charge in [-0.05, 0) is 50.5 Å². The first kappa shape index (κ1) is 22.7. The Balaban J connectivity index is 2.05. The molecule has 0 unspecified atom stereocenters. The second-order valence-corrected chi connectivity index (χ2v) is 9.83. The summed E-state index contributed by atoms with van der Waals surface area (Å²) in [5, 5.41) is 14.0. The molecule has 0 atom stereocenters. The van der Waals surface area contributed by atoms with Crippen LogP contribution < -0.4 is 10.2 Å². The monoisotopic (exact) mass is 446 g/mol. The number of carbonyl (C=O) groups excluding carboxylic acids is 1. The molecule has 0 radical (unpaired) electrons. The smallest absolute Gasteiger partial charge is 0.274 e. The molecule has 1 aliphatic rings. The zero-order chi connectivity index (χ0) is 22.8. The van der Waals surface area contributed by atoms with Gasteiger partial charge in [0.1, 0.15) is 0 Å². The molecule has 0 bridgehead atoms. The fourth-order valence-electron chi connectivity index (χ4n) is 3.63. The van der Waals surface area contributed by atoms with E-state index >= 15 is 0 Å². The molecule has 1 N–H and O–H groups in total. The van der Waals surface area contributed by atoms with Gasteiger partial charge in [-0.2, -0.15) is 0 Å². The van der Waals surface area contributed by atoms with Crippen LogP contribution in [0.1, 0.15) is 35.2 Å². The SMILES string of the molecule is Cc1c(NC(=O)c2cc(S(=O)(=O)N(C)C)ccc2N2CCCCC2)cccc1[N+](=O)[O-]. The number of hydrogen-bond acceptors (Lipinski definition) is 6. The third-order valence-corrected chi connectivity index (χ3v) is 7.25. The van der Waals surface area contributed by atoms with Crippen molar-refractivity contribution in [3.05, 3.63) is 57.6 Å². The van der Waals surface area contributed by atoms with Gasteiger partial charge in [0.25, 0.3) is 11.6 Å². The highest BCUT2D eigenvalue weighted by molar-refractivity contribution is 7.89. The van der Waals surface area contributed by atoms with Gasteiger partial charge in [0.15, 0.2) is 0 Å². The number of nitro groups is 1. The average molecular weight is 447 g/mol. The lowest BCUT2D eigenvalue weighted by Crippen LogP contribution is -2.32. The Hall–Kier alpha value is -2.98. The van der Waals surface area contributed by atoms with Gasteiger partial charge in [0.2, 0.25) is 10.0 Å². The molecule has 1 saturated heterocycles. The van der Waals surface area contributed by atoms with E-state index in [1.165, 1.54) is 38.4 Å². The van der Waals surface area contributed by atoms with Crippen molar-refractivity contribution < 1.29 is 18.1 Å². The summed E-state index contributed by atoms with van der Waals surface area (Å²) in [6.07, 6.45) is 3.09. The van der Waals surface area contributed by atoms with Crippen LogP contribution in [-0.4, -0.2) is 50.7 Å². The van der Waals surface area contributed by atoms with Crippen LogP contribution in [0.25, 0.3) is 0 Å². The minimum atomic E-state index is -3.73. The molecule has 2 aromatic carbocycles. The summed E-state index contributed by atoms with van der Waals surface area (Å²) in [5.74, 6) is -0.514. The molecule has 1 aliphatic heterocycles. The number of hydrogen-bond donors (Lipinski definition) is 1. The number of amides is 1. The van der Waals surface area contributed by atoms with E-state index in [1.807, 2.05) is 0 Å². The number of nitro benzene ring substituents is 1. The summed E-state index contributed by atoms with van der Waals surface area (Å²) < 4.78 is 26.4. The van der Waals surface area contributed by atoms with Crippen molar-refractivity contribution in [2.45, 2.75) is 31.1 Å². The van der Waals surface area contributed by atoms with Crippen LogP contribution in [0.2, 0.25) is 0 Å². The van der Waals surface area contributed by atoms with Crippen LogP contribution in [0.4, 0.5) is 17.1 Å². The van der Waals surface area contributed by atoms with Crippen LogP contribution in [0, 0.1) is 17.0 Å². The van der Waals surface area contributed by atoms with Crippen molar-refractivity contribution in [3.8, 4) is 0 Å². The van der Waals surface area contributed by atoms with Crippen molar-refractivity contribution in [2.24, 2.45) is 0 Å². The molecule has 166 valence electrons. The number of rotatable bonds is 6. The summed E-state index contributed by atoms with van der Waals surface area (Å²) in [6.45, 7) is 3.11. The average Bonchev–Trinajstić information content (AvgIpc) is 2.75. The molecular weight excluding hydrogens is 420 g/mol. The maximum absolute atomic E-state index is 13.2. The molecule has 0 aromatic heterocycles. The summed E-state index contributed by atoms with van der Waals surface area (Å²) in [5.41, 5.74) is 1.41. The van der Waals surface area contributed by atoms with Gasteiger partial charge in [0.05, 0.1) is 26.6 Å². The van der Waals surface area contributed by atoms with Crippen molar-refractivity contribution in [1.29, 1.82) is 0 Å². The van der Waals surface area contributed by atoms with E-state index in [0.29, 0.717) is 16.9 Å². The largest absolute Gasteiger partial charge is 0.371 e. The van der Waals surface area contributed by atoms with Gasteiger partial charge in [-0.1, -0.05) is 6.07 Å². The maximum atomic E-state index is 13.2. The van der Waals surface area contributed by atoms with Gasteiger partial charge in [-0.25, -0.2) is 12.7 Å². The summed E-state index contributed by atoms with van der Waals surface area (Å²) >= 11 is 0. The summed E-state index contributed by atoms with van der Waals surface area (Å²) in [6, 6.07) is 9.00. The highest BCUT2D eigenvalue weighted by Gasteiger charge is 2.25. The first-order valence-electron chi connectivity index (χ1n) is 10.00. The van der Waals surface area contributed by atoms with Crippen molar-refractivity contribution >= 4 is 33.0 Å². The second kappa shape index (κ2) is 9.03. The first-order chi connectivity index (χ1) is 14.6. The third kappa shape index (κ3) is 4.70. The molecule has 31 heavy (non-hydrogen) atoms. The normalized spacial score (nSPS) is 14.5. The molecule has 2 aromatic rings. The molecule has 0 spiro atoms. The van der Waals surface area contributed by atoms with Gasteiger partial charge in [-0.15, -0.1) is 0 Å². The Morgan fingerprint density at radius 1 is 1.13 bits per heavy atom. The lowest BCUT2D eigenvalue weighted by molar-refractivity contribution is -0.385. The predicted octanol–water partition coefficient (Wildman–Crippen LogP) is 3.40. The number of anilines is 2. The van der Waals surface area contributed by atoms with Crippen molar-refractivity contribution in [1.82, 2.24) is 4.31 Å². The number of nitrogens with one attached hydrogen (secondary N) is 1. The zero-order valence-electron chi connectivity index (χ0n) is 17.8. The van der Waals surface area contributed by atoms with E-state index in [9.17, 15) is 23.3 Å². The molecule has 0 saturated carbocycles. The predicted molar refractivity (Wildman–Crippen MR) is 119 cm³/mol. The fraction of sp³-hybridized carbons (Fsp3) is 0.381. The summed E-state index contributed by atoms with van der Waals surface area (Å²) in [7, 11) is -0.873. The molecule has 3 rings (SSSR count). The highest BCUT2D eigenvalue weighted by atomic mass is 32.2. The van der Waals surface area contributed by atoms with E-state index in [-0.39, 0.29) is 16.1 Å². The zero-order valence-corrected chi connectivity index (χ0v) is 18.6. The van der Waals surface area contributed by atoms with Crippen LogP contribution in [0.15, 0.2) is 41.3 Å². The van der Waals surface area contributed by atoms with E-state index in [0.717, 1.165) is 36.7 Å². The number of nitrogens with zero attached hydrogens (tertiary/aromatic N) is 3. The highest BCUT2D eigenvalue weighted by Crippen LogP contribution is 2.30. The van der Waals surface area contributed by atoms with Crippen LogP contribution in [-0.2, 0) is 10.0 Å². The Morgan fingerprint density at radius 2 is 1.81 bits per heavy atom. The van der Waals surface area contributed by atoms with Crippen molar-refractivity contribution in [2.75, 3.05) is 37.4 Å². The van der Waals surface area contributed by atoms with Crippen LogP contribution >= 0.6 is 0 Å². The van der Waals surface area contributed by atoms with E-state index in [4.69, 9.17) is 0 Å². The lowest BCUT2D eigenvalue weighted by Gasteiger charge is -2.30. The lowest BCUT2D eigenvalue weighted by atomic mass is 10.1. The molecule has 1 amide bonds. The van der Waals surface area contributed by atoms with Crippen LogP contribution in [0.3, 0.4) is 0 Å².